The molecule has 0 bridgehead atoms. The highest BCUT2D eigenvalue weighted by Crippen LogP contribution is 2.24. The molecule has 0 radical (unpaired) electrons. The van der Waals surface area contributed by atoms with Crippen LogP contribution in [0.3, 0.4) is 0 Å². The van der Waals surface area contributed by atoms with Gasteiger partial charge in [0.25, 0.3) is 11.5 Å². The Morgan fingerprint density at radius 2 is 1.83 bits per heavy atom. The summed E-state index contributed by atoms with van der Waals surface area (Å²) in [6, 6.07) is 9.46. The summed E-state index contributed by atoms with van der Waals surface area (Å²) in [5, 5.41) is 15.8. The Balaban J connectivity index is 1.45. The summed E-state index contributed by atoms with van der Waals surface area (Å²) in [5.74, 6) is -0.453. The number of carbonyl (C=O) groups is 1. The first-order chi connectivity index (χ1) is 14.5. The zero-order valence-corrected chi connectivity index (χ0v) is 17.2. The second-order valence-corrected chi connectivity index (χ2v) is 8.19. The molecule has 1 aliphatic heterocycles. The molecule has 2 heterocycles. The Hall–Kier alpha value is -2.84. The molecule has 1 aliphatic carbocycles. The maximum atomic E-state index is 12.9. The number of pyridine rings is 1. The second-order valence-electron chi connectivity index (χ2n) is 8.19. The van der Waals surface area contributed by atoms with Gasteiger partial charge in [-0.25, -0.2) is 0 Å². The molecular formula is C22H29N5O3. The fourth-order valence-electron chi connectivity index (χ4n) is 4.15. The lowest BCUT2D eigenvalue weighted by atomic mass is 10.1. The number of nitrogens with one attached hydrogen (secondary N) is 3. The molecule has 1 saturated carbocycles. The van der Waals surface area contributed by atoms with Gasteiger partial charge in [0.1, 0.15) is 5.56 Å². The fraction of sp³-hybridized carbons (Fsp3) is 0.455. The molecule has 1 aromatic heterocycles. The van der Waals surface area contributed by atoms with Crippen molar-refractivity contribution in [1.82, 2.24) is 9.88 Å². The zero-order chi connectivity index (χ0) is 21.1. The van der Waals surface area contributed by atoms with E-state index in [1.807, 2.05) is 24.3 Å². The Morgan fingerprint density at radius 3 is 2.50 bits per heavy atom. The molecule has 1 amide bonds. The number of piperazine rings is 1. The number of aromatic amines is 1. The van der Waals surface area contributed by atoms with Gasteiger partial charge in [0.05, 0.1) is 11.8 Å². The van der Waals surface area contributed by atoms with E-state index in [9.17, 15) is 14.7 Å². The van der Waals surface area contributed by atoms with E-state index in [-0.39, 0.29) is 17.7 Å². The van der Waals surface area contributed by atoms with E-state index in [0.717, 1.165) is 44.7 Å². The molecule has 160 valence electrons. The molecule has 8 heteroatoms. The minimum atomic E-state index is -0.453. The lowest BCUT2D eigenvalue weighted by molar-refractivity contribution is 0.102. The van der Waals surface area contributed by atoms with Gasteiger partial charge in [-0.3, -0.25) is 9.59 Å². The summed E-state index contributed by atoms with van der Waals surface area (Å²) in [7, 11) is 2.12. The summed E-state index contributed by atoms with van der Waals surface area (Å²) in [6.45, 7) is 4.02. The van der Waals surface area contributed by atoms with Crippen molar-refractivity contribution in [3.8, 4) is 0 Å². The van der Waals surface area contributed by atoms with Gasteiger partial charge in [0.2, 0.25) is 0 Å². The highest BCUT2D eigenvalue weighted by atomic mass is 16.3. The van der Waals surface area contributed by atoms with Crippen LogP contribution < -0.4 is 21.1 Å². The largest absolute Gasteiger partial charge is 0.393 e. The smallest absolute Gasteiger partial charge is 0.263 e. The number of likely N-dealkylation sites (N-methyl/N-ethyl adjacent to an activating group) is 1. The van der Waals surface area contributed by atoms with Gasteiger partial charge < -0.3 is 30.5 Å². The van der Waals surface area contributed by atoms with Gasteiger partial charge in [0.15, 0.2) is 0 Å². The van der Waals surface area contributed by atoms with Crippen molar-refractivity contribution in [3.63, 3.8) is 0 Å². The predicted octanol–water partition coefficient (Wildman–Crippen LogP) is 1.70. The number of aliphatic hydroxyl groups excluding tert-OH is 1. The summed E-state index contributed by atoms with van der Waals surface area (Å²) < 4.78 is 0. The SMILES string of the molecule is CN1CCN(c2ccc(NC(=O)c3c(NC4CCC(O)C4)cc[nH]c3=O)cc2)CC1. The van der Waals surface area contributed by atoms with E-state index >= 15 is 0 Å². The average Bonchev–Trinajstić information content (AvgIpc) is 3.14. The van der Waals surface area contributed by atoms with Crippen molar-refractivity contribution >= 4 is 23.0 Å². The van der Waals surface area contributed by atoms with E-state index in [2.05, 4.69) is 32.5 Å². The zero-order valence-electron chi connectivity index (χ0n) is 17.2. The standard InChI is InChI=1S/C22H29N5O3/c1-26-10-12-27(13-11-26)17-5-2-15(3-6-17)25-22(30)20-19(8-9-23-21(20)29)24-16-4-7-18(28)14-16/h2-3,5-6,8-9,16,18,28H,4,7,10-14H2,1H3,(H,25,30)(H2,23,24,29). The molecule has 2 fully saturated rings. The van der Waals surface area contributed by atoms with E-state index in [1.54, 1.807) is 6.07 Å². The molecule has 2 aromatic rings. The summed E-state index contributed by atoms with van der Waals surface area (Å²) in [5.41, 5.74) is 1.88. The third kappa shape index (κ3) is 4.66. The van der Waals surface area contributed by atoms with Crippen LogP contribution in [0.4, 0.5) is 17.1 Å². The Labute approximate surface area is 175 Å². The number of carbonyl (C=O) groups excluding carboxylic acids is 1. The average molecular weight is 412 g/mol. The molecule has 30 heavy (non-hydrogen) atoms. The molecular weight excluding hydrogens is 382 g/mol. The first kappa shape index (κ1) is 20.4. The van der Waals surface area contributed by atoms with Crippen LogP contribution in [0, 0.1) is 0 Å². The summed E-state index contributed by atoms with van der Waals surface area (Å²) in [6.07, 6.45) is 3.34. The van der Waals surface area contributed by atoms with E-state index < -0.39 is 11.5 Å². The third-order valence-corrected chi connectivity index (χ3v) is 5.95. The Bertz CT molecular complexity index is 935. The number of amides is 1. The topological polar surface area (TPSA) is 101 Å². The number of hydrogen-bond acceptors (Lipinski definition) is 6. The van der Waals surface area contributed by atoms with Gasteiger partial charge in [-0.15, -0.1) is 0 Å². The molecule has 0 spiro atoms. The fourth-order valence-corrected chi connectivity index (χ4v) is 4.15. The highest BCUT2D eigenvalue weighted by molar-refractivity contribution is 6.07. The number of H-pyrrole nitrogens is 1. The molecule has 8 nitrogen and oxygen atoms in total. The van der Waals surface area contributed by atoms with Crippen LogP contribution in [0.1, 0.15) is 29.6 Å². The quantitative estimate of drug-likeness (QED) is 0.598. The molecule has 2 aliphatic rings. The first-order valence-corrected chi connectivity index (χ1v) is 10.5. The van der Waals surface area contributed by atoms with Gasteiger partial charge in [-0.1, -0.05) is 0 Å². The van der Waals surface area contributed by atoms with Crippen molar-refractivity contribution in [1.29, 1.82) is 0 Å². The monoisotopic (exact) mass is 411 g/mol. The number of hydrogen-bond donors (Lipinski definition) is 4. The summed E-state index contributed by atoms with van der Waals surface area (Å²) in [4.78, 5) is 32.5. The van der Waals surface area contributed by atoms with Crippen molar-refractivity contribution in [3.05, 3.63) is 52.4 Å². The van der Waals surface area contributed by atoms with E-state index in [4.69, 9.17) is 0 Å². The van der Waals surface area contributed by atoms with Crippen molar-refractivity contribution < 1.29 is 9.90 Å². The highest BCUT2D eigenvalue weighted by Gasteiger charge is 2.25. The Morgan fingerprint density at radius 1 is 1.10 bits per heavy atom. The number of anilines is 3. The maximum Gasteiger partial charge on any atom is 0.263 e. The lowest BCUT2D eigenvalue weighted by Gasteiger charge is -2.34. The molecule has 4 N–H and O–H groups in total. The van der Waals surface area contributed by atoms with Crippen LogP contribution in [0.2, 0.25) is 0 Å². The van der Waals surface area contributed by atoms with Crippen molar-refractivity contribution in [2.24, 2.45) is 0 Å². The van der Waals surface area contributed by atoms with Gasteiger partial charge in [0, 0.05) is 49.8 Å². The molecule has 1 saturated heterocycles. The number of rotatable bonds is 5. The van der Waals surface area contributed by atoms with E-state index in [0.29, 0.717) is 17.8 Å². The summed E-state index contributed by atoms with van der Waals surface area (Å²) >= 11 is 0. The van der Waals surface area contributed by atoms with Gasteiger partial charge >= 0.3 is 0 Å². The lowest BCUT2D eigenvalue weighted by Crippen LogP contribution is -2.44. The minimum Gasteiger partial charge on any atom is -0.393 e. The number of nitrogens with zero attached hydrogens (tertiary/aromatic N) is 2. The van der Waals surface area contributed by atoms with Crippen molar-refractivity contribution in [2.75, 3.05) is 48.8 Å². The van der Waals surface area contributed by atoms with Crippen LogP contribution in [-0.2, 0) is 0 Å². The molecule has 2 unspecified atom stereocenters. The second kappa shape index (κ2) is 8.89. The van der Waals surface area contributed by atoms with Gasteiger partial charge in [-0.2, -0.15) is 0 Å². The van der Waals surface area contributed by atoms with Gasteiger partial charge in [-0.05, 0) is 56.6 Å². The molecule has 4 rings (SSSR count). The number of benzene rings is 1. The third-order valence-electron chi connectivity index (χ3n) is 5.95. The van der Waals surface area contributed by atoms with Crippen LogP contribution in [0.25, 0.3) is 0 Å². The van der Waals surface area contributed by atoms with Crippen LogP contribution in [0.5, 0.6) is 0 Å². The number of aromatic nitrogens is 1. The van der Waals surface area contributed by atoms with Crippen molar-refractivity contribution in [2.45, 2.75) is 31.4 Å². The normalized spacial score (nSPS) is 22.1. The number of aliphatic hydroxyl groups is 1. The minimum absolute atomic E-state index is 0.0521. The predicted molar refractivity (Wildman–Crippen MR) is 118 cm³/mol. The van der Waals surface area contributed by atoms with E-state index in [1.165, 1.54) is 6.20 Å². The maximum absolute atomic E-state index is 12.9. The molecule has 1 aromatic carbocycles. The Kier molecular flexibility index (Phi) is 6.06. The van der Waals surface area contributed by atoms with Crippen LogP contribution in [-0.4, -0.2) is 66.3 Å². The molecule has 2 atom stereocenters. The van der Waals surface area contributed by atoms with Crippen LogP contribution in [0.15, 0.2) is 41.3 Å². The van der Waals surface area contributed by atoms with Crippen LogP contribution >= 0.6 is 0 Å². The first-order valence-electron chi connectivity index (χ1n) is 10.5.